The predicted octanol–water partition coefficient (Wildman–Crippen LogP) is 0.733. The van der Waals surface area contributed by atoms with Crippen molar-refractivity contribution in [2.24, 2.45) is 5.14 Å². The van der Waals surface area contributed by atoms with Crippen molar-refractivity contribution < 1.29 is 17.9 Å². The number of pyridine rings is 1. The average Bonchev–Trinajstić information content (AvgIpc) is 2.51. The van der Waals surface area contributed by atoms with E-state index in [9.17, 15) is 13.2 Å². The maximum absolute atomic E-state index is 11.8. The van der Waals surface area contributed by atoms with Crippen LogP contribution in [0.25, 0.3) is 0 Å². The summed E-state index contributed by atoms with van der Waals surface area (Å²) < 4.78 is 27.5. The SMILES string of the molecule is Cc1ccncc1CNC(=O)COc1ccc(S(N)(=O)=O)cc1. The number of amides is 1. The zero-order chi connectivity index (χ0) is 16.9. The lowest BCUT2D eigenvalue weighted by Gasteiger charge is -2.09. The molecule has 0 aliphatic carbocycles. The van der Waals surface area contributed by atoms with E-state index in [1.54, 1.807) is 12.4 Å². The molecule has 0 saturated carbocycles. The molecule has 1 aromatic carbocycles. The number of primary sulfonamides is 1. The van der Waals surface area contributed by atoms with Gasteiger partial charge in [-0.2, -0.15) is 0 Å². The van der Waals surface area contributed by atoms with Gasteiger partial charge in [0.15, 0.2) is 6.61 Å². The summed E-state index contributed by atoms with van der Waals surface area (Å²) in [6.45, 7) is 2.13. The Labute approximate surface area is 134 Å². The second-order valence-corrected chi connectivity index (χ2v) is 6.45. The van der Waals surface area contributed by atoms with Gasteiger partial charge in [-0.3, -0.25) is 9.78 Å². The van der Waals surface area contributed by atoms with Gasteiger partial charge < -0.3 is 10.1 Å². The molecule has 3 N–H and O–H groups in total. The summed E-state index contributed by atoms with van der Waals surface area (Å²) in [5, 5.41) is 7.72. The average molecular weight is 335 g/mol. The number of nitrogens with one attached hydrogen (secondary N) is 1. The molecule has 7 nitrogen and oxygen atoms in total. The largest absolute Gasteiger partial charge is 0.484 e. The van der Waals surface area contributed by atoms with Crippen LogP contribution in [0.15, 0.2) is 47.6 Å². The number of nitrogens with zero attached hydrogens (tertiary/aromatic N) is 1. The standard InChI is InChI=1S/C15H17N3O4S/c1-11-6-7-17-8-12(11)9-18-15(19)10-22-13-2-4-14(5-3-13)23(16,20)21/h2-8H,9-10H2,1H3,(H,18,19)(H2,16,20,21). The van der Waals surface area contributed by atoms with Crippen LogP contribution in [0, 0.1) is 6.92 Å². The van der Waals surface area contributed by atoms with E-state index in [0.29, 0.717) is 12.3 Å². The van der Waals surface area contributed by atoms with E-state index >= 15 is 0 Å². The van der Waals surface area contributed by atoms with Crippen molar-refractivity contribution in [3.05, 3.63) is 53.9 Å². The molecule has 0 fully saturated rings. The number of benzene rings is 1. The third kappa shape index (κ3) is 5.04. The third-order valence-electron chi connectivity index (χ3n) is 3.15. The number of rotatable bonds is 6. The molecule has 23 heavy (non-hydrogen) atoms. The number of carbonyl (C=O) groups is 1. The summed E-state index contributed by atoms with van der Waals surface area (Å²) >= 11 is 0. The number of ether oxygens (including phenoxy) is 1. The Morgan fingerprint density at radius 3 is 2.57 bits per heavy atom. The van der Waals surface area contributed by atoms with Gasteiger partial charge in [-0.25, -0.2) is 13.6 Å². The van der Waals surface area contributed by atoms with E-state index in [4.69, 9.17) is 9.88 Å². The summed E-state index contributed by atoms with van der Waals surface area (Å²) in [7, 11) is -3.73. The predicted molar refractivity (Wildman–Crippen MR) is 84.1 cm³/mol. The van der Waals surface area contributed by atoms with Crippen LogP contribution in [0.2, 0.25) is 0 Å². The fourth-order valence-corrected chi connectivity index (χ4v) is 2.32. The molecular weight excluding hydrogens is 318 g/mol. The molecular formula is C15H17N3O4S. The number of aryl methyl sites for hydroxylation is 1. The van der Waals surface area contributed by atoms with Crippen molar-refractivity contribution in [2.75, 3.05) is 6.61 Å². The molecule has 2 rings (SSSR count). The van der Waals surface area contributed by atoms with Crippen LogP contribution in [0.5, 0.6) is 5.75 Å². The van der Waals surface area contributed by atoms with Crippen LogP contribution in [0.3, 0.4) is 0 Å². The third-order valence-corrected chi connectivity index (χ3v) is 4.07. The summed E-state index contributed by atoms with van der Waals surface area (Å²) in [5.74, 6) is 0.0916. The number of aromatic nitrogens is 1. The highest BCUT2D eigenvalue weighted by molar-refractivity contribution is 7.89. The molecule has 1 amide bonds. The monoisotopic (exact) mass is 335 g/mol. The maximum atomic E-state index is 11.8. The normalized spacial score (nSPS) is 11.0. The molecule has 8 heteroatoms. The molecule has 0 saturated heterocycles. The molecule has 0 aliphatic rings. The molecule has 0 bridgehead atoms. The molecule has 0 atom stereocenters. The van der Waals surface area contributed by atoms with Gasteiger partial charge >= 0.3 is 0 Å². The topological polar surface area (TPSA) is 111 Å². The van der Waals surface area contributed by atoms with Crippen molar-refractivity contribution in [1.29, 1.82) is 0 Å². The van der Waals surface area contributed by atoms with Crippen LogP contribution in [-0.2, 0) is 21.4 Å². The van der Waals surface area contributed by atoms with Crippen LogP contribution >= 0.6 is 0 Å². The number of nitrogens with two attached hydrogens (primary N) is 1. The molecule has 1 heterocycles. The Hall–Kier alpha value is -2.45. The van der Waals surface area contributed by atoms with Crippen molar-refractivity contribution in [3.63, 3.8) is 0 Å². The van der Waals surface area contributed by atoms with Gasteiger partial charge in [0, 0.05) is 18.9 Å². The first-order valence-electron chi connectivity index (χ1n) is 6.78. The first-order chi connectivity index (χ1) is 10.9. The first kappa shape index (κ1) is 16.9. The Kier molecular flexibility index (Phi) is 5.30. The fourth-order valence-electron chi connectivity index (χ4n) is 1.80. The van der Waals surface area contributed by atoms with Crippen LogP contribution in [-0.4, -0.2) is 25.9 Å². The Morgan fingerprint density at radius 2 is 1.96 bits per heavy atom. The lowest BCUT2D eigenvalue weighted by atomic mass is 10.1. The summed E-state index contributed by atoms with van der Waals surface area (Å²) in [6, 6.07) is 7.39. The highest BCUT2D eigenvalue weighted by Gasteiger charge is 2.08. The second kappa shape index (κ2) is 7.21. The first-order valence-corrected chi connectivity index (χ1v) is 8.33. The fraction of sp³-hybridized carbons (Fsp3) is 0.200. The van der Waals surface area contributed by atoms with Gasteiger partial charge in [0.25, 0.3) is 5.91 Å². The molecule has 122 valence electrons. The van der Waals surface area contributed by atoms with Crippen LogP contribution < -0.4 is 15.2 Å². The Morgan fingerprint density at radius 1 is 1.26 bits per heavy atom. The second-order valence-electron chi connectivity index (χ2n) is 4.88. The number of hydrogen-bond acceptors (Lipinski definition) is 5. The van der Waals surface area contributed by atoms with Gasteiger partial charge in [-0.1, -0.05) is 0 Å². The van der Waals surface area contributed by atoms with Crippen LogP contribution in [0.4, 0.5) is 0 Å². The summed E-state index contributed by atoms with van der Waals surface area (Å²) in [6.07, 6.45) is 3.39. The Balaban J connectivity index is 1.84. The lowest BCUT2D eigenvalue weighted by Crippen LogP contribution is -2.28. The smallest absolute Gasteiger partial charge is 0.258 e. The van der Waals surface area contributed by atoms with Gasteiger partial charge in [0.1, 0.15) is 5.75 Å². The van der Waals surface area contributed by atoms with Crippen molar-refractivity contribution in [3.8, 4) is 5.75 Å². The zero-order valence-electron chi connectivity index (χ0n) is 12.5. The van der Waals surface area contributed by atoms with Gasteiger partial charge in [-0.05, 0) is 48.4 Å². The quantitative estimate of drug-likeness (QED) is 0.808. The minimum Gasteiger partial charge on any atom is -0.484 e. The van der Waals surface area contributed by atoms with E-state index in [2.05, 4.69) is 10.3 Å². The van der Waals surface area contributed by atoms with E-state index in [0.717, 1.165) is 11.1 Å². The molecule has 1 aromatic heterocycles. The molecule has 0 unspecified atom stereocenters. The highest BCUT2D eigenvalue weighted by Crippen LogP contribution is 2.14. The van der Waals surface area contributed by atoms with E-state index < -0.39 is 10.0 Å². The van der Waals surface area contributed by atoms with Crippen molar-refractivity contribution in [2.45, 2.75) is 18.4 Å². The minimum absolute atomic E-state index is 0.0126. The lowest BCUT2D eigenvalue weighted by molar-refractivity contribution is -0.123. The number of hydrogen-bond donors (Lipinski definition) is 2. The van der Waals surface area contributed by atoms with Gasteiger partial charge in [0.2, 0.25) is 10.0 Å². The van der Waals surface area contributed by atoms with E-state index in [-0.39, 0.29) is 17.4 Å². The molecule has 0 spiro atoms. The molecule has 2 aromatic rings. The number of carbonyl (C=O) groups excluding carboxylic acids is 1. The maximum Gasteiger partial charge on any atom is 0.258 e. The molecule has 0 radical (unpaired) electrons. The highest BCUT2D eigenvalue weighted by atomic mass is 32.2. The van der Waals surface area contributed by atoms with Crippen LogP contribution in [0.1, 0.15) is 11.1 Å². The summed E-state index contributed by atoms with van der Waals surface area (Å²) in [5.41, 5.74) is 1.97. The van der Waals surface area contributed by atoms with E-state index in [1.807, 2.05) is 13.0 Å². The zero-order valence-corrected chi connectivity index (χ0v) is 13.3. The minimum atomic E-state index is -3.73. The van der Waals surface area contributed by atoms with Gasteiger partial charge in [-0.15, -0.1) is 0 Å². The van der Waals surface area contributed by atoms with Crippen molar-refractivity contribution in [1.82, 2.24) is 10.3 Å². The van der Waals surface area contributed by atoms with Crippen molar-refractivity contribution >= 4 is 15.9 Å². The van der Waals surface area contributed by atoms with E-state index in [1.165, 1.54) is 24.3 Å². The Bertz CT molecular complexity index is 789. The van der Waals surface area contributed by atoms with Gasteiger partial charge in [0.05, 0.1) is 4.90 Å². The summed E-state index contributed by atoms with van der Waals surface area (Å²) in [4.78, 5) is 15.7. The number of sulfonamides is 1. The molecule has 0 aliphatic heterocycles.